The molecule has 0 saturated carbocycles. The smallest absolute Gasteiger partial charge is 0.280 e. The Balaban J connectivity index is 1.52. The van der Waals surface area contributed by atoms with Gasteiger partial charge in [0, 0.05) is 30.8 Å². The number of ether oxygens (including phenoxy) is 1. The molecule has 3 heterocycles. The van der Waals surface area contributed by atoms with E-state index in [2.05, 4.69) is 10.1 Å². The van der Waals surface area contributed by atoms with Gasteiger partial charge in [0.1, 0.15) is 11.5 Å². The molecule has 0 bridgehead atoms. The summed E-state index contributed by atoms with van der Waals surface area (Å²) < 4.78 is 10.5. The van der Waals surface area contributed by atoms with Crippen LogP contribution in [0.4, 0.5) is 0 Å². The van der Waals surface area contributed by atoms with Crippen molar-refractivity contribution in [2.45, 2.75) is 32.1 Å². The van der Waals surface area contributed by atoms with Gasteiger partial charge < -0.3 is 14.2 Å². The molecule has 3 rings (SSSR count). The predicted octanol–water partition coefficient (Wildman–Crippen LogP) is 1.71. The van der Waals surface area contributed by atoms with Crippen LogP contribution in [-0.2, 0) is 11.2 Å². The first kappa shape index (κ1) is 16.3. The van der Waals surface area contributed by atoms with E-state index in [1.54, 1.807) is 6.20 Å². The van der Waals surface area contributed by atoms with Gasteiger partial charge in [0.2, 0.25) is 5.91 Å². The van der Waals surface area contributed by atoms with Crippen molar-refractivity contribution in [2.24, 2.45) is 0 Å². The zero-order valence-electron chi connectivity index (χ0n) is 13.7. The molecule has 1 saturated heterocycles. The van der Waals surface area contributed by atoms with Gasteiger partial charge in [-0.2, -0.15) is 5.16 Å². The quantitative estimate of drug-likeness (QED) is 0.901. The second-order valence-corrected chi connectivity index (χ2v) is 5.87. The molecule has 0 aliphatic carbocycles. The number of hydrogen-bond donors (Lipinski definition) is 1. The molecular weight excluding hydrogens is 310 g/mol. The Morgan fingerprint density at radius 3 is 2.79 bits per heavy atom. The van der Waals surface area contributed by atoms with E-state index in [0.717, 1.165) is 18.5 Å². The fourth-order valence-corrected chi connectivity index (χ4v) is 2.95. The summed E-state index contributed by atoms with van der Waals surface area (Å²) >= 11 is 0. The predicted molar refractivity (Wildman–Crippen MR) is 87.0 cm³/mol. The molecule has 1 aliphatic rings. The van der Waals surface area contributed by atoms with E-state index in [4.69, 9.17) is 9.26 Å². The number of aromatic nitrogens is 2. The fraction of sp³-hybridized carbons (Fsp3) is 0.471. The van der Waals surface area contributed by atoms with Crippen LogP contribution in [0.5, 0.6) is 5.75 Å². The molecule has 24 heavy (non-hydrogen) atoms. The van der Waals surface area contributed by atoms with E-state index in [1.807, 2.05) is 24.0 Å². The number of likely N-dealkylation sites (tertiary alicyclic amines) is 1. The lowest BCUT2D eigenvalue weighted by Gasteiger charge is -2.30. The summed E-state index contributed by atoms with van der Waals surface area (Å²) in [6.45, 7) is 3.83. The van der Waals surface area contributed by atoms with Gasteiger partial charge in [-0.25, -0.2) is 0 Å². The van der Waals surface area contributed by atoms with Gasteiger partial charge in [-0.05, 0) is 31.9 Å². The molecule has 0 unspecified atom stereocenters. The highest BCUT2D eigenvalue weighted by molar-refractivity contribution is 5.78. The summed E-state index contributed by atoms with van der Waals surface area (Å²) in [5.74, 6) is 1.65. The Bertz CT molecular complexity index is 727. The van der Waals surface area contributed by atoms with Crippen LogP contribution in [0.2, 0.25) is 0 Å². The summed E-state index contributed by atoms with van der Waals surface area (Å²) in [6, 6.07) is 5.15. The Morgan fingerprint density at radius 1 is 1.42 bits per heavy atom. The number of H-pyrrole nitrogens is 1. The van der Waals surface area contributed by atoms with Crippen molar-refractivity contribution in [3.8, 4) is 5.75 Å². The third kappa shape index (κ3) is 3.84. The second-order valence-electron chi connectivity index (χ2n) is 5.87. The highest BCUT2D eigenvalue weighted by Gasteiger charge is 2.26. The van der Waals surface area contributed by atoms with Crippen molar-refractivity contribution in [2.75, 3.05) is 19.7 Å². The third-order valence-corrected chi connectivity index (χ3v) is 4.23. The molecule has 128 valence electrons. The zero-order chi connectivity index (χ0) is 16.9. The van der Waals surface area contributed by atoms with E-state index < -0.39 is 0 Å². The minimum atomic E-state index is -0.218. The summed E-state index contributed by atoms with van der Waals surface area (Å²) in [4.78, 5) is 29.7. The van der Waals surface area contributed by atoms with E-state index in [0.29, 0.717) is 31.2 Å². The first-order valence-corrected chi connectivity index (χ1v) is 8.19. The first-order valence-electron chi connectivity index (χ1n) is 8.19. The van der Waals surface area contributed by atoms with Crippen molar-refractivity contribution in [1.82, 2.24) is 15.0 Å². The highest BCUT2D eigenvalue weighted by Crippen LogP contribution is 2.27. The number of nitrogens with zero attached hydrogens (tertiary/aromatic N) is 2. The lowest BCUT2D eigenvalue weighted by atomic mass is 9.94. The largest absolute Gasteiger partial charge is 0.492 e. The van der Waals surface area contributed by atoms with Crippen LogP contribution in [0, 0.1) is 0 Å². The number of nitrogens with one attached hydrogen (secondary N) is 1. The number of aromatic amines is 1. The minimum Gasteiger partial charge on any atom is -0.492 e. The number of hydrogen-bond acceptors (Lipinski definition) is 5. The number of pyridine rings is 1. The van der Waals surface area contributed by atoms with E-state index in [-0.39, 0.29) is 23.8 Å². The number of carbonyl (C=O) groups is 1. The normalized spacial score (nSPS) is 15.5. The molecule has 2 aromatic rings. The average molecular weight is 331 g/mol. The molecule has 2 aromatic heterocycles. The molecule has 7 heteroatoms. The SMILES string of the molecule is CCOc1ccc(CC(=O)N2CCC(c3cc(=O)[nH]o3)CC2)nc1. The molecule has 0 atom stereocenters. The summed E-state index contributed by atoms with van der Waals surface area (Å²) in [6.07, 6.45) is 3.52. The van der Waals surface area contributed by atoms with Gasteiger partial charge >= 0.3 is 0 Å². The molecule has 0 aromatic carbocycles. The monoisotopic (exact) mass is 331 g/mol. The molecule has 1 N–H and O–H groups in total. The zero-order valence-corrected chi connectivity index (χ0v) is 13.7. The average Bonchev–Trinajstić information content (AvgIpc) is 3.03. The minimum absolute atomic E-state index is 0.0700. The van der Waals surface area contributed by atoms with Gasteiger partial charge in [-0.1, -0.05) is 0 Å². The summed E-state index contributed by atoms with van der Waals surface area (Å²) in [5.41, 5.74) is 0.521. The maximum absolute atomic E-state index is 12.4. The van der Waals surface area contributed by atoms with Crippen LogP contribution in [0.25, 0.3) is 0 Å². The second kappa shape index (κ2) is 7.33. The number of piperidine rings is 1. The van der Waals surface area contributed by atoms with Crippen molar-refractivity contribution < 1.29 is 14.1 Å². The van der Waals surface area contributed by atoms with Crippen molar-refractivity contribution in [3.05, 3.63) is 46.2 Å². The number of amides is 1. The van der Waals surface area contributed by atoms with Gasteiger partial charge in [-0.15, -0.1) is 0 Å². The summed E-state index contributed by atoms with van der Waals surface area (Å²) in [7, 11) is 0. The molecule has 0 radical (unpaired) electrons. The fourth-order valence-electron chi connectivity index (χ4n) is 2.95. The Labute approximate surface area is 139 Å². The van der Waals surface area contributed by atoms with E-state index in [1.165, 1.54) is 6.07 Å². The Morgan fingerprint density at radius 2 is 2.21 bits per heavy atom. The molecule has 1 amide bonds. The molecular formula is C17H21N3O4. The van der Waals surface area contributed by atoms with Gasteiger partial charge in [0.05, 0.1) is 19.2 Å². The lowest BCUT2D eigenvalue weighted by Crippen LogP contribution is -2.38. The maximum atomic E-state index is 12.4. The van der Waals surface area contributed by atoms with Crippen LogP contribution in [0.15, 0.2) is 33.7 Å². The van der Waals surface area contributed by atoms with E-state index >= 15 is 0 Å². The highest BCUT2D eigenvalue weighted by atomic mass is 16.5. The molecule has 0 spiro atoms. The van der Waals surface area contributed by atoms with E-state index in [9.17, 15) is 9.59 Å². The standard InChI is InChI=1S/C17H21N3O4/c1-2-23-14-4-3-13(18-11-14)9-17(22)20-7-5-12(6-8-20)15-10-16(21)19-24-15/h3-4,10-12H,2,5-9H2,1H3,(H,19,21). The van der Waals surface area contributed by atoms with Crippen LogP contribution < -0.4 is 10.3 Å². The van der Waals surface area contributed by atoms with Crippen LogP contribution in [0.1, 0.15) is 37.1 Å². The molecule has 7 nitrogen and oxygen atoms in total. The Kier molecular flexibility index (Phi) is 4.98. The number of rotatable bonds is 5. The van der Waals surface area contributed by atoms with Gasteiger partial charge in [0.15, 0.2) is 0 Å². The van der Waals surface area contributed by atoms with Crippen molar-refractivity contribution in [3.63, 3.8) is 0 Å². The van der Waals surface area contributed by atoms with Crippen LogP contribution in [-0.4, -0.2) is 40.6 Å². The van der Waals surface area contributed by atoms with Crippen LogP contribution >= 0.6 is 0 Å². The topological polar surface area (TPSA) is 88.4 Å². The first-order chi connectivity index (χ1) is 11.7. The third-order valence-electron chi connectivity index (χ3n) is 4.23. The molecule has 1 aliphatic heterocycles. The maximum Gasteiger partial charge on any atom is 0.280 e. The van der Waals surface area contributed by atoms with Gasteiger partial charge in [-0.3, -0.25) is 14.6 Å². The van der Waals surface area contributed by atoms with Crippen molar-refractivity contribution in [1.29, 1.82) is 0 Å². The molecule has 1 fully saturated rings. The number of carbonyl (C=O) groups excluding carboxylic acids is 1. The lowest BCUT2D eigenvalue weighted by molar-refractivity contribution is -0.131. The van der Waals surface area contributed by atoms with Crippen molar-refractivity contribution >= 4 is 5.91 Å². The van der Waals surface area contributed by atoms with Gasteiger partial charge in [0.25, 0.3) is 5.56 Å². The summed E-state index contributed by atoms with van der Waals surface area (Å²) in [5, 5.41) is 2.32. The van der Waals surface area contributed by atoms with Crippen LogP contribution in [0.3, 0.4) is 0 Å². The Hall–Kier alpha value is -2.57.